The molecule has 0 saturated heterocycles. The minimum atomic E-state index is 0.135. The molecule has 0 bridgehead atoms. The van der Waals surface area contributed by atoms with Crippen molar-refractivity contribution in [2.24, 2.45) is 0 Å². The van der Waals surface area contributed by atoms with Gasteiger partial charge >= 0.3 is 0 Å². The summed E-state index contributed by atoms with van der Waals surface area (Å²) in [5.74, 6) is 0.583. The lowest BCUT2D eigenvalue weighted by atomic mass is 10.1. The lowest BCUT2D eigenvalue weighted by Gasteiger charge is -2.05. The Morgan fingerprint density at radius 1 is 1.10 bits per heavy atom. The molecule has 0 radical (unpaired) electrons. The van der Waals surface area contributed by atoms with Gasteiger partial charge in [-0.15, -0.1) is 11.8 Å². The van der Waals surface area contributed by atoms with Crippen LogP contribution in [-0.2, 0) is 0 Å². The van der Waals surface area contributed by atoms with Crippen molar-refractivity contribution in [2.75, 3.05) is 5.75 Å². The first-order chi connectivity index (χ1) is 10.2. The molecule has 0 atom stereocenters. The molecule has 2 nitrogen and oxygen atoms in total. The molecular formula is C18H15NOS. The van der Waals surface area contributed by atoms with Crippen molar-refractivity contribution in [3.8, 4) is 0 Å². The van der Waals surface area contributed by atoms with Gasteiger partial charge in [-0.3, -0.25) is 9.78 Å². The number of aryl methyl sites for hydroxylation is 1. The third kappa shape index (κ3) is 3.14. The van der Waals surface area contributed by atoms with Crippen LogP contribution in [0.4, 0.5) is 0 Å². The van der Waals surface area contributed by atoms with E-state index in [1.807, 2.05) is 42.5 Å². The van der Waals surface area contributed by atoms with Crippen LogP contribution in [0, 0.1) is 6.92 Å². The minimum Gasteiger partial charge on any atom is -0.293 e. The molecule has 3 aromatic rings. The number of hydrogen-bond donors (Lipinski definition) is 0. The molecule has 0 aliphatic rings. The molecule has 21 heavy (non-hydrogen) atoms. The Kier molecular flexibility index (Phi) is 4.02. The first-order valence-corrected chi connectivity index (χ1v) is 7.79. The van der Waals surface area contributed by atoms with Crippen LogP contribution in [0.1, 0.15) is 15.9 Å². The highest BCUT2D eigenvalue weighted by Crippen LogP contribution is 2.23. The number of pyridine rings is 1. The largest absolute Gasteiger partial charge is 0.293 e. The van der Waals surface area contributed by atoms with Gasteiger partial charge in [-0.05, 0) is 30.7 Å². The van der Waals surface area contributed by atoms with Crippen LogP contribution in [0.2, 0.25) is 0 Å². The maximum atomic E-state index is 12.3. The van der Waals surface area contributed by atoms with Crippen LogP contribution in [0.3, 0.4) is 0 Å². The number of rotatable bonds is 4. The molecule has 3 heteroatoms. The van der Waals surface area contributed by atoms with E-state index in [0.29, 0.717) is 5.75 Å². The molecule has 1 aromatic heterocycles. The summed E-state index contributed by atoms with van der Waals surface area (Å²) in [5.41, 5.74) is 2.79. The number of fused-ring (bicyclic) bond motifs is 1. The Bertz CT molecular complexity index is 798. The first kappa shape index (κ1) is 13.8. The summed E-state index contributed by atoms with van der Waals surface area (Å²) < 4.78 is 0. The summed E-state index contributed by atoms with van der Waals surface area (Å²) in [4.78, 5) is 17.8. The van der Waals surface area contributed by atoms with Gasteiger partial charge in [0, 0.05) is 22.0 Å². The molecule has 0 aliphatic heterocycles. The molecule has 2 aromatic carbocycles. The second-order valence-electron chi connectivity index (χ2n) is 4.89. The van der Waals surface area contributed by atoms with Gasteiger partial charge in [-0.1, -0.05) is 36.4 Å². The number of Topliss-reactive ketones (excluding diaryl/α,β-unsaturated/α-hetero) is 1. The first-order valence-electron chi connectivity index (χ1n) is 6.80. The van der Waals surface area contributed by atoms with Crippen molar-refractivity contribution in [3.05, 3.63) is 71.9 Å². The molecular weight excluding hydrogens is 278 g/mol. The second kappa shape index (κ2) is 6.10. The summed E-state index contributed by atoms with van der Waals surface area (Å²) in [7, 11) is 0. The van der Waals surface area contributed by atoms with E-state index in [0.717, 1.165) is 21.4 Å². The number of ketones is 1. The van der Waals surface area contributed by atoms with E-state index in [4.69, 9.17) is 0 Å². The maximum Gasteiger partial charge on any atom is 0.173 e. The quantitative estimate of drug-likeness (QED) is 0.523. The van der Waals surface area contributed by atoms with Gasteiger partial charge in [0.15, 0.2) is 5.78 Å². The fraction of sp³-hybridized carbons (Fsp3) is 0.111. The van der Waals surface area contributed by atoms with E-state index >= 15 is 0 Å². The Morgan fingerprint density at radius 2 is 1.95 bits per heavy atom. The van der Waals surface area contributed by atoms with Gasteiger partial charge in [0.05, 0.1) is 11.3 Å². The van der Waals surface area contributed by atoms with Crippen molar-refractivity contribution in [3.63, 3.8) is 0 Å². The Labute approximate surface area is 128 Å². The van der Waals surface area contributed by atoms with Crippen molar-refractivity contribution >= 4 is 28.4 Å². The number of carbonyl (C=O) groups excluding carboxylic acids is 1. The van der Waals surface area contributed by atoms with E-state index in [1.54, 1.807) is 18.0 Å². The highest BCUT2D eigenvalue weighted by molar-refractivity contribution is 8.00. The zero-order valence-electron chi connectivity index (χ0n) is 11.7. The van der Waals surface area contributed by atoms with Crippen LogP contribution in [0.15, 0.2) is 65.7 Å². The fourth-order valence-corrected chi connectivity index (χ4v) is 3.11. The lowest BCUT2D eigenvalue weighted by molar-refractivity contribution is 0.102. The molecule has 0 N–H and O–H groups in total. The van der Waals surface area contributed by atoms with E-state index in [1.165, 1.54) is 5.56 Å². The van der Waals surface area contributed by atoms with Crippen molar-refractivity contribution in [1.29, 1.82) is 0 Å². The number of nitrogens with zero attached hydrogens (tertiary/aromatic N) is 1. The SMILES string of the molecule is Cc1ccccc1SCC(=O)c1ccc2cccnc2c1. The van der Waals surface area contributed by atoms with E-state index in [2.05, 4.69) is 24.0 Å². The summed E-state index contributed by atoms with van der Waals surface area (Å²) in [6.45, 7) is 2.06. The number of carbonyl (C=O) groups is 1. The van der Waals surface area contributed by atoms with Gasteiger partial charge in [-0.2, -0.15) is 0 Å². The smallest absolute Gasteiger partial charge is 0.173 e. The molecule has 0 spiro atoms. The van der Waals surface area contributed by atoms with Crippen LogP contribution >= 0.6 is 11.8 Å². The molecule has 0 fully saturated rings. The predicted molar refractivity (Wildman–Crippen MR) is 88.0 cm³/mol. The van der Waals surface area contributed by atoms with E-state index in [-0.39, 0.29) is 5.78 Å². The number of benzene rings is 2. The summed E-state index contributed by atoms with van der Waals surface area (Å²) in [6, 6.07) is 17.7. The Balaban J connectivity index is 1.76. The van der Waals surface area contributed by atoms with Crippen molar-refractivity contribution < 1.29 is 4.79 Å². The van der Waals surface area contributed by atoms with Gasteiger partial charge in [0.2, 0.25) is 0 Å². The van der Waals surface area contributed by atoms with Crippen LogP contribution in [-0.4, -0.2) is 16.5 Å². The van der Waals surface area contributed by atoms with Gasteiger partial charge in [0.25, 0.3) is 0 Å². The summed E-state index contributed by atoms with van der Waals surface area (Å²) >= 11 is 1.59. The van der Waals surface area contributed by atoms with E-state index < -0.39 is 0 Å². The Hall–Kier alpha value is -2.13. The third-order valence-electron chi connectivity index (χ3n) is 3.38. The molecule has 3 rings (SSSR count). The number of thioether (sulfide) groups is 1. The monoisotopic (exact) mass is 293 g/mol. The molecule has 0 aliphatic carbocycles. The molecule has 0 unspecified atom stereocenters. The second-order valence-corrected chi connectivity index (χ2v) is 5.91. The number of aromatic nitrogens is 1. The maximum absolute atomic E-state index is 12.3. The fourth-order valence-electron chi connectivity index (χ4n) is 2.18. The van der Waals surface area contributed by atoms with Crippen molar-refractivity contribution in [2.45, 2.75) is 11.8 Å². The normalized spacial score (nSPS) is 10.7. The van der Waals surface area contributed by atoms with E-state index in [9.17, 15) is 4.79 Å². The van der Waals surface area contributed by atoms with Crippen LogP contribution in [0.5, 0.6) is 0 Å². The van der Waals surface area contributed by atoms with Gasteiger partial charge in [0.1, 0.15) is 0 Å². The highest BCUT2D eigenvalue weighted by atomic mass is 32.2. The highest BCUT2D eigenvalue weighted by Gasteiger charge is 2.08. The average molecular weight is 293 g/mol. The summed E-state index contributed by atoms with van der Waals surface area (Å²) in [6.07, 6.45) is 1.75. The lowest BCUT2D eigenvalue weighted by Crippen LogP contribution is -2.02. The molecule has 0 amide bonds. The Morgan fingerprint density at radius 3 is 2.81 bits per heavy atom. The van der Waals surface area contributed by atoms with Gasteiger partial charge < -0.3 is 0 Å². The topological polar surface area (TPSA) is 30.0 Å². The predicted octanol–water partition coefficient (Wildman–Crippen LogP) is 4.52. The minimum absolute atomic E-state index is 0.135. The zero-order valence-corrected chi connectivity index (χ0v) is 12.6. The van der Waals surface area contributed by atoms with Crippen LogP contribution in [0.25, 0.3) is 10.9 Å². The zero-order chi connectivity index (χ0) is 14.7. The molecule has 1 heterocycles. The van der Waals surface area contributed by atoms with Crippen LogP contribution < -0.4 is 0 Å². The van der Waals surface area contributed by atoms with Gasteiger partial charge in [-0.25, -0.2) is 0 Å². The molecule has 104 valence electrons. The summed E-state index contributed by atoms with van der Waals surface area (Å²) in [5, 5.41) is 1.06. The molecule has 0 saturated carbocycles. The number of hydrogen-bond acceptors (Lipinski definition) is 3. The average Bonchev–Trinajstić information content (AvgIpc) is 2.53. The third-order valence-corrected chi connectivity index (χ3v) is 4.56. The van der Waals surface area contributed by atoms with Crippen molar-refractivity contribution in [1.82, 2.24) is 4.98 Å². The standard InChI is InChI=1S/C18H15NOS/c1-13-5-2-3-7-18(13)21-12-17(20)15-9-8-14-6-4-10-19-16(14)11-15/h2-11H,12H2,1H3.